The van der Waals surface area contributed by atoms with Gasteiger partial charge >= 0.3 is 0 Å². The highest BCUT2D eigenvalue weighted by atomic mass is 32.2. The summed E-state index contributed by atoms with van der Waals surface area (Å²) in [5.41, 5.74) is 2.83. The Labute approximate surface area is 199 Å². The maximum atomic E-state index is 13.1. The minimum atomic E-state index is -3.75. The molecule has 1 fully saturated rings. The predicted molar refractivity (Wildman–Crippen MR) is 131 cm³/mol. The smallest absolute Gasteiger partial charge is 0.261 e. The molecule has 2 N–H and O–H groups in total. The lowest BCUT2D eigenvalue weighted by Crippen LogP contribution is -2.44. The maximum absolute atomic E-state index is 13.1. The second kappa shape index (κ2) is 10.4. The second-order valence-electron chi connectivity index (χ2n) is 8.60. The topological polar surface area (TPSA) is 78.5 Å². The molecular weight excluding hydrogens is 453 g/mol. The van der Waals surface area contributed by atoms with E-state index in [9.17, 15) is 17.6 Å². The monoisotopic (exact) mass is 481 g/mol. The molecule has 178 valence electrons. The Morgan fingerprint density at radius 1 is 0.971 bits per heavy atom. The normalized spacial score (nSPS) is 15.1. The summed E-state index contributed by atoms with van der Waals surface area (Å²) in [6, 6.07) is 19.7. The number of nitrogens with one attached hydrogen (secondary N) is 2. The largest absolute Gasteiger partial charge is 0.349 e. The first-order valence-corrected chi connectivity index (χ1v) is 12.7. The van der Waals surface area contributed by atoms with Crippen LogP contribution >= 0.6 is 0 Å². The number of benzene rings is 3. The van der Waals surface area contributed by atoms with Gasteiger partial charge in [0.05, 0.1) is 10.6 Å². The van der Waals surface area contributed by atoms with Crippen LogP contribution in [0.1, 0.15) is 34.3 Å². The van der Waals surface area contributed by atoms with Crippen LogP contribution < -0.4 is 10.0 Å². The molecule has 1 aliphatic rings. The van der Waals surface area contributed by atoms with Crippen LogP contribution in [0.4, 0.5) is 10.1 Å². The molecule has 0 radical (unpaired) electrons. The standard InChI is InChI=1S/C26H28FN3O3S/c1-19-4-2-3-5-25(19)29-34(32,33)24-12-8-21(9-13-24)26(31)28-23-14-16-30(17-15-23)18-20-6-10-22(27)11-7-20/h2-13,23,29H,14-18H2,1H3,(H,28,31). The minimum Gasteiger partial charge on any atom is -0.349 e. The summed E-state index contributed by atoms with van der Waals surface area (Å²) in [5.74, 6) is -0.453. The van der Waals surface area contributed by atoms with Crippen molar-refractivity contribution in [3.05, 3.63) is 95.3 Å². The van der Waals surface area contributed by atoms with Gasteiger partial charge < -0.3 is 5.32 Å². The first kappa shape index (κ1) is 23.9. The average Bonchev–Trinajstić information content (AvgIpc) is 2.83. The van der Waals surface area contributed by atoms with E-state index >= 15 is 0 Å². The third-order valence-corrected chi connectivity index (χ3v) is 7.44. The van der Waals surface area contributed by atoms with E-state index < -0.39 is 10.0 Å². The van der Waals surface area contributed by atoms with Crippen LogP contribution in [0.5, 0.6) is 0 Å². The summed E-state index contributed by atoms with van der Waals surface area (Å²) in [6.45, 7) is 4.26. The highest BCUT2D eigenvalue weighted by molar-refractivity contribution is 7.92. The molecule has 6 nitrogen and oxygen atoms in total. The number of para-hydroxylation sites is 1. The number of anilines is 1. The third kappa shape index (κ3) is 6.01. The number of carbonyl (C=O) groups excluding carboxylic acids is 1. The maximum Gasteiger partial charge on any atom is 0.261 e. The number of sulfonamides is 1. The highest BCUT2D eigenvalue weighted by Gasteiger charge is 2.22. The van der Waals surface area contributed by atoms with Crippen molar-refractivity contribution in [3.63, 3.8) is 0 Å². The second-order valence-corrected chi connectivity index (χ2v) is 10.3. The molecule has 1 saturated heterocycles. The molecular formula is C26H28FN3O3S. The molecule has 0 aromatic heterocycles. The summed E-state index contributed by atoms with van der Waals surface area (Å²) >= 11 is 0. The molecule has 0 bridgehead atoms. The predicted octanol–water partition coefficient (Wildman–Crippen LogP) is 4.33. The molecule has 0 aliphatic carbocycles. The van der Waals surface area contributed by atoms with Crippen molar-refractivity contribution in [1.82, 2.24) is 10.2 Å². The number of hydrogen-bond acceptors (Lipinski definition) is 4. The highest BCUT2D eigenvalue weighted by Crippen LogP contribution is 2.20. The zero-order chi connectivity index (χ0) is 24.1. The SMILES string of the molecule is Cc1ccccc1NS(=O)(=O)c1ccc(C(=O)NC2CCN(Cc3ccc(F)cc3)CC2)cc1. The van der Waals surface area contributed by atoms with E-state index in [-0.39, 0.29) is 22.7 Å². The molecule has 0 saturated carbocycles. The van der Waals surface area contributed by atoms with Gasteiger partial charge in [-0.05, 0) is 73.4 Å². The number of piperidine rings is 1. The van der Waals surface area contributed by atoms with Gasteiger partial charge in [0.15, 0.2) is 0 Å². The van der Waals surface area contributed by atoms with Crippen molar-refractivity contribution in [2.45, 2.75) is 37.2 Å². The lowest BCUT2D eigenvalue weighted by atomic mass is 10.0. The van der Waals surface area contributed by atoms with Gasteiger partial charge in [-0.15, -0.1) is 0 Å². The summed E-state index contributed by atoms with van der Waals surface area (Å²) in [7, 11) is -3.75. The van der Waals surface area contributed by atoms with Crippen molar-refractivity contribution in [2.24, 2.45) is 0 Å². The molecule has 34 heavy (non-hydrogen) atoms. The van der Waals surface area contributed by atoms with Crippen LogP contribution in [0.2, 0.25) is 0 Å². The summed E-state index contributed by atoms with van der Waals surface area (Å²) in [6.07, 6.45) is 1.64. The van der Waals surface area contributed by atoms with Crippen LogP contribution in [0, 0.1) is 12.7 Å². The summed E-state index contributed by atoms with van der Waals surface area (Å²) in [5, 5.41) is 3.05. The Balaban J connectivity index is 1.30. The van der Waals surface area contributed by atoms with Gasteiger partial charge in [-0.1, -0.05) is 30.3 Å². The van der Waals surface area contributed by atoms with Crippen molar-refractivity contribution in [3.8, 4) is 0 Å². The van der Waals surface area contributed by atoms with Crippen molar-refractivity contribution in [1.29, 1.82) is 0 Å². The number of amides is 1. The molecule has 4 rings (SSSR count). The van der Waals surface area contributed by atoms with E-state index in [4.69, 9.17) is 0 Å². The van der Waals surface area contributed by atoms with Gasteiger partial charge in [-0.25, -0.2) is 12.8 Å². The third-order valence-electron chi connectivity index (χ3n) is 6.06. The fourth-order valence-electron chi connectivity index (χ4n) is 4.03. The average molecular weight is 482 g/mol. The molecule has 1 heterocycles. The Morgan fingerprint density at radius 3 is 2.26 bits per heavy atom. The lowest BCUT2D eigenvalue weighted by molar-refractivity contribution is 0.0909. The van der Waals surface area contributed by atoms with Crippen molar-refractivity contribution >= 4 is 21.6 Å². The Morgan fingerprint density at radius 2 is 1.62 bits per heavy atom. The van der Waals surface area contributed by atoms with Crippen LogP contribution in [-0.2, 0) is 16.6 Å². The van der Waals surface area contributed by atoms with E-state index in [1.807, 2.05) is 19.1 Å². The van der Waals surface area contributed by atoms with E-state index in [2.05, 4.69) is 14.9 Å². The van der Waals surface area contributed by atoms with Crippen LogP contribution in [-0.4, -0.2) is 38.4 Å². The van der Waals surface area contributed by atoms with Gasteiger partial charge in [0.25, 0.3) is 15.9 Å². The van der Waals surface area contributed by atoms with E-state index in [1.54, 1.807) is 24.3 Å². The van der Waals surface area contributed by atoms with Crippen LogP contribution in [0.25, 0.3) is 0 Å². The first-order valence-electron chi connectivity index (χ1n) is 11.3. The molecule has 8 heteroatoms. The number of nitrogens with zero attached hydrogens (tertiary/aromatic N) is 1. The first-order chi connectivity index (χ1) is 16.3. The van der Waals surface area contributed by atoms with Gasteiger partial charge in [-0.2, -0.15) is 0 Å². The number of likely N-dealkylation sites (tertiary alicyclic amines) is 1. The minimum absolute atomic E-state index is 0.0584. The number of hydrogen-bond donors (Lipinski definition) is 2. The van der Waals surface area contributed by atoms with E-state index in [0.29, 0.717) is 11.3 Å². The molecule has 1 amide bonds. The van der Waals surface area contributed by atoms with E-state index in [0.717, 1.165) is 43.6 Å². The molecule has 0 unspecified atom stereocenters. The molecule has 0 spiro atoms. The Bertz CT molecular complexity index is 1240. The van der Waals surface area contributed by atoms with Gasteiger partial charge in [0.2, 0.25) is 0 Å². The Hall–Kier alpha value is -3.23. The fraction of sp³-hybridized carbons (Fsp3) is 0.269. The quantitative estimate of drug-likeness (QED) is 0.527. The lowest BCUT2D eigenvalue weighted by Gasteiger charge is -2.32. The zero-order valence-corrected chi connectivity index (χ0v) is 19.8. The number of rotatable bonds is 7. The van der Waals surface area contributed by atoms with Gasteiger partial charge in [-0.3, -0.25) is 14.4 Å². The molecule has 0 atom stereocenters. The van der Waals surface area contributed by atoms with Crippen LogP contribution in [0.3, 0.4) is 0 Å². The van der Waals surface area contributed by atoms with Gasteiger partial charge in [0, 0.05) is 31.2 Å². The zero-order valence-electron chi connectivity index (χ0n) is 19.0. The molecule has 3 aromatic carbocycles. The van der Waals surface area contributed by atoms with Crippen molar-refractivity contribution < 1.29 is 17.6 Å². The number of carbonyl (C=O) groups is 1. The van der Waals surface area contributed by atoms with E-state index in [1.165, 1.54) is 36.4 Å². The van der Waals surface area contributed by atoms with Crippen molar-refractivity contribution in [2.75, 3.05) is 17.8 Å². The summed E-state index contributed by atoms with van der Waals surface area (Å²) in [4.78, 5) is 15.1. The van der Waals surface area contributed by atoms with Gasteiger partial charge in [0.1, 0.15) is 5.82 Å². The number of aryl methyl sites for hydroxylation is 1. The van der Waals surface area contributed by atoms with Crippen LogP contribution in [0.15, 0.2) is 77.7 Å². The summed E-state index contributed by atoms with van der Waals surface area (Å²) < 4.78 is 41.1. The number of halogens is 1. The molecule has 1 aliphatic heterocycles. The fourth-order valence-corrected chi connectivity index (χ4v) is 5.16. The molecule has 3 aromatic rings. The Kier molecular flexibility index (Phi) is 7.29.